The Morgan fingerprint density at radius 3 is 2.09 bits per heavy atom. The number of nitrogens with zero attached hydrogens (tertiary/aromatic N) is 1. The highest BCUT2D eigenvalue weighted by Crippen LogP contribution is 2.47. The molecule has 7 aromatic carbocycles. The molecule has 0 saturated heterocycles. The van der Waals surface area contributed by atoms with Crippen molar-refractivity contribution in [2.24, 2.45) is 0 Å². The van der Waals surface area contributed by atoms with E-state index in [0.29, 0.717) is 11.4 Å². The number of hydrogen-bond acceptors (Lipinski definition) is 2. The minimum atomic E-state index is -1.71. The molecule has 46 heavy (non-hydrogen) atoms. The van der Waals surface area contributed by atoms with Crippen LogP contribution in [0.5, 0.6) is 0 Å². The van der Waals surface area contributed by atoms with Gasteiger partial charge in [-0.1, -0.05) is 140 Å². The quantitative estimate of drug-likeness (QED) is 0.173. The van der Waals surface area contributed by atoms with Crippen LogP contribution in [0.4, 0.5) is 17.1 Å². The third-order valence-corrected chi connectivity index (χ3v) is 10.6. The fraction of sp³-hybridized carbons (Fsp3) is 0.0698. The zero-order valence-corrected chi connectivity index (χ0v) is 26.8. The van der Waals surface area contributed by atoms with E-state index >= 15 is 0 Å². The van der Waals surface area contributed by atoms with Gasteiger partial charge >= 0.3 is 0 Å². The third kappa shape index (κ3) is 4.90. The summed E-state index contributed by atoms with van der Waals surface area (Å²) in [5.41, 5.74) is 6.43. The average Bonchev–Trinajstić information content (AvgIpc) is 3.56. The molecule has 0 spiro atoms. The molecule has 0 aliphatic carbocycles. The topological polar surface area (TPSA) is 16.4 Å². The van der Waals surface area contributed by atoms with E-state index in [4.69, 9.17) is 11.3 Å². The maximum absolute atomic E-state index is 9.56. The molecule has 1 heterocycles. The van der Waals surface area contributed by atoms with Crippen LogP contribution in [0, 0.1) is 0 Å². The molecule has 0 amide bonds. The Labute approximate surface area is 281 Å². The van der Waals surface area contributed by atoms with Crippen LogP contribution in [0.2, 0.25) is 19.6 Å². The number of fused-ring (bicyclic) bond motifs is 4. The summed E-state index contributed by atoms with van der Waals surface area (Å²) in [6.45, 7) is 6.80. The van der Waals surface area contributed by atoms with Crippen LogP contribution >= 0.6 is 0 Å². The van der Waals surface area contributed by atoms with Crippen LogP contribution in [-0.4, -0.2) is 8.07 Å². The van der Waals surface area contributed by atoms with Crippen molar-refractivity contribution in [3.63, 3.8) is 0 Å². The summed E-state index contributed by atoms with van der Waals surface area (Å²) in [5, 5.41) is 2.84. The van der Waals surface area contributed by atoms with Gasteiger partial charge in [-0.2, -0.15) is 0 Å². The first kappa shape index (κ1) is 21.4. The van der Waals surface area contributed by atoms with Crippen molar-refractivity contribution in [2.75, 3.05) is 4.90 Å². The lowest BCUT2D eigenvalue weighted by atomic mass is 9.93. The predicted molar refractivity (Wildman–Crippen MR) is 200 cm³/mol. The average molecular weight is 617 g/mol. The Morgan fingerprint density at radius 2 is 1.28 bits per heavy atom. The first-order valence-electron chi connectivity index (χ1n) is 18.9. The SMILES string of the molecule is [2H]c1c([2H])c([2H])c2c([2H])c(N(c3ccc([Si](C)(C)C)cc3)c3ccccc3-c3ccc(-c4ccccc4)c4oc5ccccc5c34)c([2H])c([2H])c2c1[2H]. The number of rotatable bonds is 6. The van der Waals surface area contributed by atoms with Gasteiger partial charge in [-0.3, -0.25) is 0 Å². The molecule has 8 rings (SSSR count). The molecular weight excluding hydrogens is 575 g/mol. The standard InChI is InChI=1S/C43H35NOSi/c1-46(2,3)35-25-23-33(24-26-35)44(34-22-21-30-13-7-8-16-32(30)29-34)40-19-11-9-17-37(40)38-28-27-36(31-14-5-4-6-15-31)43-42(38)39-18-10-12-20-41(39)45-43/h4-29H,1-3H3/i7D,8D,13D,16D,21D,22D,29D. The van der Waals surface area contributed by atoms with E-state index in [1.807, 2.05) is 78.9 Å². The van der Waals surface area contributed by atoms with Gasteiger partial charge in [0.15, 0.2) is 0 Å². The number of hydrogen-bond donors (Lipinski definition) is 0. The fourth-order valence-electron chi connectivity index (χ4n) is 6.18. The molecule has 2 nitrogen and oxygen atoms in total. The lowest BCUT2D eigenvalue weighted by Gasteiger charge is -2.29. The zero-order valence-electron chi connectivity index (χ0n) is 32.8. The van der Waals surface area contributed by atoms with Gasteiger partial charge in [-0.25, -0.2) is 0 Å². The van der Waals surface area contributed by atoms with Gasteiger partial charge in [0.2, 0.25) is 0 Å². The molecule has 0 unspecified atom stereocenters. The minimum Gasteiger partial charge on any atom is -0.455 e. The summed E-state index contributed by atoms with van der Waals surface area (Å²) in [5.74, 6) is 0. The lowest BCUT2D eigenvalue weighted by Crippen LogP contribution is -2.37. The smallest absolute Gasteiger partial charge is 0.143 e. The molecule has 0 N–H and O–H groups in total. The normalized spacial score (nSPS) is 13.9. The van der Waals surface area contributed by atoms with Crippen LogP contribution in [-0.2, 0) is 0 Å². The molecule has 8 aromatic rings. The number of anilines is 3. The van der Waals surface area contributed by atoms with Crippen molar-refractivity contribution in [2.45, 2.75) is 19.6 Å². The van der Waals surface area contributed by atoms with Gasteiger partial charge in [-0.05, 0) is 64.3 Å². The van der Waals surface area contributed by atoms with E-state index in [-0.39, 0.29) is 34.6 Å². The molecule has 0 bridgehead atoms. The molecule has 0 atom stereocenters. The molecule has 1 aromatic heterocycles. The summed E-state index contributed by atoms with van der Waals surface area (Å²) in [6, 6.07) is 35.3. The Bertz CT molecular complexity index is 2740. The van der Waals surface area contributed by atoms with E-state index in [0.717, 1.165) is 44.2 Å². The zero-order chi connectivity index (χ0) is 37.3. The van der Waals surface area contributed by atoms with Gasteiger partial charge in [0.25, 0.3) is 0 Å². The minimum absolute atomic E-state index is 0.0509. The highest BCUT2D eigenvalue weighted by Gasteiger charge is 2.23. The molecule has 0 aliphatic rings. The predicted octanol–water partition coefficient (Wildman–Crippen LogP) is 12.1. The van der Waals surface area contributed by atoms with E-state index in [1.165, 1.54) is 5.19 Å². The summed E-state index contributed by atoms with van der Waals surface area (Å²) >= 11 is 0. The van der Waals surface area contributed by atoms with Gasteiger partial charge < -0.3 is 9.32 Å². The van der Waals surface area contributed by atoms with E-state index in [1.54, 1.807) is 4.90 Å². The first-order valence-corrected chi connectivity index (χ1v) is 18.9. The van der Waals surface area contributed by atoms with Crippen LogP contribution in [0.25, 0.3) is 55.0 Å². The first-order chi connectivity index (χ1) is 25.4. The summed E-state index contributed by atoms with van der Waals surface area (Å²) in [4.78, 5) is 1.80. The highest BCUT2D eigenvalue weighted by atomic mass is 28.3. The third-order valence-electron chi connectivity index (χ3n) is 8.50. The van der Waals surface area contributed by atoms with Crippen molar-refractivity contribution in [1.29, 1.82) is 0 Å². The summed E-state index contributed by atoms with van der Waals surface area (Å²) in [7, 11) is -1.71. The second-order valence-electron chi connectivity index (χ2n) is 12.5. The van der Waals surface area contributed by atoms with E-state index in [9.17, 15) is 2.74 Å². The maximum Gasteiger partial charge on any atom is 0.143 e. The number of para-hydroxylation sites is 2. The Hall–Kier alpha value is -5.38. The largest absolute Gasteiger partial charge is 0.455 e. The van der Waals surface area contributed by atoms with Crippen molar-refractivity contribution in [1.82, 2.24) is 0 Å². The maximum atomic E-state index is 9.56. The van der Waals surface area contributed by atoms with Crippen LogP contribution < -0.4 is 10.1 Å². The molecule has 0 radical (unpaired) electrons. The van der Waals surface area contributed by atoms with Crippen LogP contribution in [0.15, 0.2) is 162 Å². The highest BCUT2D eigenvalue weighted by molar-refractivity contribution is 6.88. The molecular formula is C43H35NOSi. The van der Waals surface area contributed by atoms with E-state index in [2.05, 4.69) is 56.0 Å². The Kier molecular flexibility index (Phi) is 5.20. The second kappa shape index (κ2) is 11.2. The monoisotopic (exact) mass is 616 g/mol. The van der Waals surface area contributed by atoms with Gasteiger partial charge in [0.1, 0.15) is 11.2 Å². The van der Waals surface area contributed by atoms with Gasteiger partial charge in [0, 0.05) is 33.3 Å². The number of benzene rings is 7. The lowest BCUT2D eigenvalue weighted by molar-refractivity contribution is 0.670. The van der Waals surface area contributed by atoms with Gasteiger partial charge in [-0.15, -0.1) is 0 Å². The van der Waals surface area contributed by atoms with Crippen molar-refractivity contribution >= 4 is 63.0 Å². The molecule has 0 aliphatic heterocycles. The number of furan rings is 1. The van der Waals surface area contributed by atoms with Crippen molar-refractivity contribution < 1.29 is 14.0 Å². The Morgan fingerprint density at radius 1 is 0.587 bits per heavy atom. The summed E-state index contributed by atoms with van der Waals surface area (Å²) < 4.78 is 68.8. The fourth-order valence-corrected chi connectivity index (χ4v) is 7.34. The second-order valence-corrected chi connectivity index (χ2v) is 17.5. The van der Waals surface area contributed by atoms with Crippen LogP contribution in [0.1, 0.15) is 9.60 Å². The molecule has 0 saturated carbocycles. The molecule has 0 fully saturated rings. The Balaban J connectivity index is 1.47. The summed E-state index contributed by atoms with van der Waals surface area (Å²) in [6.07, 6.45) is 0. The molecule has 222 valence electrons. The van der Waals surface area contributed by atoms with E-state index < -0.39 is 32.2 Å². The van der Waals surface area contributed by atoms with Gasteiger partial charge in [0.05, 0.1) is 23.4 Å². The van der Waals surface area contributed by atoms with Crippen LogP contribution in [0.3, 0.4) is 0 Å². The van der Waals surface area contributed by atoms with Crippen molar-refractivity contribution in [3.05, 3.63) is 158 Å². The van der Waals surface area contributed by atoms with Crippen molar-refractivity contribution in [3.8, 4) is 22.3 Å². The molecule has 3 heteroatoms.